The minimum atomic E-state index is 0.700. The van der Waals surface area contributed by atoms with E-state index in [9.17, 15) is 0 Å². The Balaban J connectivity index is 1.27. The van der Waals surface area contributed by atoms with E-state index in [-0.39, 0.29) is 0 Å². The summed E-state index contributed by atoms with van der Waals surface area (Å²) >= 11 is 0. The van der Waals surface area contributed by atoms with E-state index in [4.69, 9.17) is 0 Å². The summed E-state index contributed by atoms with van der Waals surface area (Å²) in [6.07, 6.45) is 8.77. The third-order valence-electron chi connectivity index (χ3n) is 4.80. The SMILES string of the molecule is c1ccc2c(c1)ncn2-c1ccc(CNc2ccc(-c3cncnc3)cn2)cc1. The van der Waals surface area contributed by atoms with Gasteiger partial charge in [-0.2, -0.15) is 0 Å². The molecular weight excluding hydrogens is 360 g/mol. The average Bonchev–Trinajstić information content (AvgIpc) is 3.23. The number of aromatic nitrogens is 5. The molecule has 0 saturated heterocycles. The van der Waals surface area contributed by atoms with Crippen LogP contribution in [0.4, 0.5) is 5.82 Å². The Morgan fingerprint density at radius 2 is 1.59 bits per heavy atom. The van der Waals surface area contributed by atoms with Crippen LogP contribution in [0.3, 0.4) is 0 Å². The van der Waals surface area contributed by atoms with Crippen LogP contribution in [0.5, 0.6) is 0 Å². The van der Waals surface area contributed by atoms with E-state index in [1.165, 1.54) is 11.9 Å². The molecule has 5 aromatic rings. The number of benzene rings is 2. The maximum Gasteiger partial charge on any atom is 0.126 e. The largest absolute Gasteiger partial charge is 0.366 e. The predicted molar refractivity (Wildman–Crippen MR) is 114 cm³/mol. The third kappa shape index (κ3) is 3.55. The molecule has 5 rings (SSSR count). The molecule has 6 heteroatoms. The van der Waals surface area contributed by atoms with E-state index >= 15 is 0 Å². The van der Waals surface area contributed by atoms with Crippen LogP contribution >= 0.6 is 0 Å². The van der Waals surface area contributed by atoms with E-state index in [0.717, 1.165) is 33.7 Å². The number of anilines is 1. The minimum absolute atomic E-state index is 0.700. The number of hydrogen-bond donors (Lipinski definition) is 1. The van der Waals surface area contributed by atoms with Crippen molar-refractivity contribution in [3.05, 3.63) is 97.5 Å². The molecule has 0 spiro atoms. The molecule has 0 fully saturated rings. The van der Waals surface area contributed by atoms with Gasteiger partial charge in [0, 0.05) is 41.9 Å². The molecule has 0 unspecified atom stereocenters. The first-order valence-electron chi connectivity index (χ1n) is 9.33. The average molecular weight is 378 g/mol. The predicted octanol–water partition coefficient (Wildman–Crippen LogP) is 4.49. The molecule has 0 amide bonds. The molecule has 0 radical (unpaired) electrons. The highest BCUT2D eigenvalue weighted by molar-refractivity contribution is 5.77. The van der Waals surface area contributed by atoms with Crippen molar-refractivity contribution in [2.24, 2.45) is 0 Å². The second-order valence-corrected chi connectivity index (χ2v) is 6.68. The molecule has 0 atom stereocenters. The summed E-state index contributed by atoms with van der Waals surface area (Å²) in [7, 11) is 0. The highest BCUT2D eigenvalue weighted by Crippen LogP contribution is 2.20. The summed E-state index contributed by atoms with van der Waals surface area (Å²) in [5, 5.41) is 3.36. The van der Waals surface area contributed by atoms with Crippen molar-refractivity contribution in [2.45, 2.75) is 6.54 Å². The molecule has 0 aliphatic heterocycles. The second-order valence-electron chi connectivity index (χ2n) is 6.68. The van der Waals surface area contributed by atoms with E-state index in [0.29, 0.717) is 6.54 Å². The zero-order valence-electron chi connectivity index (χ0n) is 15.6. The second kappa shape index (κ2) is 7.52. The molecule has 0 bridgehead atoms. The van der Waals surface area contributed by atoms with Gasteiger partial charge < -0.3 is 5.32 Å². The molecule has 140 valence electrons. The maximum absolute atomic E-state index is 4.48. The smallest absolute Gasteiger partial charge is 0.126 e. The summed E-state index contributed by atoms with van der Waals surface area (Å²) < 4.78 is 2.10. The first kappa shape index (κ1) is 17.1. The van der Waals surface area contributed by atoms with Crippen molar-refractivity contribution >= 4 is 16.9 Å². The Morgan fingerprint density at radius 1 is 0.759 bits per heavy atom. The Hall–Kier alpha value is -4.06. The molecule has 6 nitrogen and oxygen atoms in total. The number of nitrogens with zero attached hydrogens (tertiary/aromatic N) is 5. The Labute approximate surface area is 167 Å². The molecule has 3 heterocycles. The number of para-hydroxylation sites is 2. The fourth-order valence-electron chi connectivity index (χ4n) is 3.25. The topological polar surface area (TPSA) is 68.5 Å². The van der Waals surface area contributed by atoms with Gasteiger partial charge in [-0.1, -0.05) is 24.3 Å². The van der Waals surface area contributed by atoms with Crippen molar-refractivity contribution in [3.8, 4) is 16.8 Å². The van der Waals surface area contributed by atoms with Crippen LogP contribution in [0.2, 0.25) is 0 Å². The fourth-order valence-corrected chi connectivity index (χ4v) is 3.25. The minimum Gasteiger partial charge on any atom is -0.366 e. The van der Waals surface area contributed by atoms with Crippen LogP contribution in [0.1, 0.15) is 5.56 Å². The van der Waals surface area contributed by atoms with Crippen molar-refractivity contribution in [2.75, 3.05) is 5.32 Å². The summed E-state index contributed by atoms with van der Waals surface area (Å²) in [6.45, 7) is 0.700. The summed E-state index contributed by atoms with van der Waals surface area (Å²) in [4.78, 5) is 17.0. The van der Waals surface area contributed by atoms with Crippen LogP contribution in [0, 0.1) is 0 Å². The van der Waals surface area contributed by atoms with Crippen LogP contribution in [0.25, 0.3) is 27.8 Å². The van der Waals surface area contributed by atoms with Crippen molar-refractivity contribution in [1.29, 1.82) is 0 Å². The van der Waals surface area contributed by atoms with Crippen molar-refractivity contribution in [3.63, 3.8) is 0 Å². The van der Waals surface area contributed by atoms with E-state index in [1.807, 2.05) is 42.9 Å². The lowest BCUT2D eigenvalue weighted by Crippen LogP contribution is -2.01. The normalized spacial score (nSPS) is 10.9. The Kier molecular flexibility index (Phi) is 4.42. The summed E-state index contributed by atoms with van der Waals surface area (Å²) in [6, 6.07) is 20.6. The van der Waals surface area contributed by atoms with Gasteiger partial charge in [0.1, 0.15) is 18.5 Å². The number of fused-ring (bicyclic) bond motifs is 1. The standard InChI is InChI=1S/C23H18N6/c1-2-4-22-21(3-1)28-16-29(22)20-8-5-17(6-9-20)11-26-23-10-7-18(14-27-23)19-12-24-15-25-13-19/h1-10,12-16H,11H2,(H,26,27). The molecule has 0 saturated carbocycles. The Bertz CT molecular complexity index is 1230. The maximum atomic E-state index is 4.48. The first-order chi connectivity index (χ1) is 14.4. The van der Waals surface area contributed by atoms with Crippen molar-refractivity contribution < 1.29 is 0 Å². The van der Waals surface area contributed by atoms with Gasteiger partial charge in [0.05, 0.1) is 11.0 Å². The number of nitrogens with one attached hydrogen (secondary N) is 1. The Morgan fingerprint density at radius 3 is 2.38 bits per heavy atom. The van der Waals surface area contributed by atoms with Gasteiger partial charge in [-0.15, -0.1) is 0 Å². The molecule has 2 aromatic carbocycles. The zero-order valence-corrected chi connectivity index (χ0v) is 15.6. The van der Waals surface area contributed by atoms with Gasteiger partial charge in [0.15, 0.2) is 0 Å². The van der Waals surface area contributed by atoms with Crippen LogP contribution in [-0.2, 0) is 6.54 Å². The van der Waals surface area contributed by atoms with Gasteiger partial charge in [-0.05, 0) is 42.0 Å². The fraction of sp³-hybridized carbons (Fsp3) is 0.0435. The van der Waals surface area contributed by atoms with Crippen LogP contribution in [-0.4, -0.2) is 24.5 Å². The zero-order chi connectivity index (χ0) is 19.5. The van der Waals surface area contributed by atoms with Gasteiger partial charge in [-0.3, -0.25) is 4.57 Å². The lowest BCUT2D eigenvalue weighted by Gasteiger charge is -2.09. The number of hydrogen-bond acceptors (Lipinski definition) is 5. The van der Waals surface area contributed by atoms with E-state index in [1.54, 1.807) is 12.4 Å². The molecule has 0 aliphatic rings. The monoisotopic (exact) mass is 378 g/mol. The summed E-state index contributed by atoms with van der Waals surface area (Å²) in [5.41, 5.74) is 6.32. The van der Waals surface area contributed by atoms with Gasteiger partial charge in [0.25, 0.3) is 0 Å². The van der Waals surface area contributed by atoms with Crippen LogP contribution in [0.15, 0.2) is 91.9 Å². The van der Waals surface area contributed by atoms with E-state index < -0.39 is 0 Å². The van der Waals surface area contributed by atoms with Gasteiger partial charge >= 0.3 is 0 Å². The van der Waals surface area contributed by atoms with Gasteiger partial charge in [-0.25, -0.2) is 19.9 Å². The lowest BCUT2D eigenvalue weighted by atomic mass is 10.1. The lowest BCUT2D eigenvalue weighted by molar-refractivity contribution is 1.07. The number of pyridine rings is 1. The summed E-state index contributed by atoms with van der Waals surface area (Å²) in [5.74, 6) is 0.829. The van der Waals surface area contributed by atoms with E-state index in [2.05, 4.69) is 60.2 Å². The van der Waals surface area contributed by atoms with Crippen LogP contribution < -0.4 is 5.32 Å². The van der Waals surface area contributed by atoms with Gasteiger partial charge in [0.2, 0.25) is 0 Å². The highest BCUT2D eigenvalue weighted by atomic mass is 15.0. The molecule has 3 aromatic heterocycles. The number of rotatable bonds is 5. The quantitative estimate of drug-likeness (QED) is 0.488. The molecular formula is C23H18N6. The molecule has 1 N–H and O–H groups in total. The molecule has 29 heavy (non-hydrogen) atoms. The first-order valence-corrected chi connectivity index (χ1v) is 9.33. The highest BCUT2D eigenvalue weighted by Gasteiger charge is 2.04. The molecule has 0 aliphatic carbocycles. The third-order valence-corrected chi connectivity index (χ3v) is 4.80. The number of imidazole rings is 1. The van der Waals surface area contributed by atoms with Crippen molar-refractivity contribution in [1.82, 2.24) is 24.5 Å².